The molecule has 1 N–H and O–H groups in total. The highest BCUT2D eigenvalue weighted by molar-refractivity contribution is 8.00. The maximum absolute atomic E-state index is 9.23. The van der Waals surface area contributed by atoms with Crippen molar-refractivity contribution in [2.45, 2.75) is 18.1 Å². The highest BCUT2D eigenvalue weighted by Crippen LogP contribution is 2.29. The lowest BCUT2D eigenvalue weighted by Gasteiger charge is -2.14. The van der Waals surface area contributed by atoms with Gasteiger partial charge in [0.25, 0.3) is 0 Å². The van der Waals surface area contributed by atoms with E-state index in [4.69, 9.17) is 0 Å². The van der Waals surface area contributed by atoms with Gasteiger partial charge in [0.15, 0.2) is 0 Å². The van der Waals surface area contributed by atoms with Crippen LogP contribution in [0.5, 0.6) is 0 Å². The fourth-order valence-corrected chi connectivity index (χ4v) is 3.64. The molecule has 2 aromatic rings. The van der Waals surface area contributed by atoms with Crippen LogP contribution >= 0.6 is 11.8 Å². The number of fused-ring (bicyclic) bond motifs is 1. The minimum absolute atomic E-state index is 0.627. The topological polar surface area (TPSA) is 48.7 Å². The average Bonchev–Trinajstić information content (AvgIpc) is 2.97. The largest absolute Gasteiger partial charge is 0.382 e. The van der Waals surface area contributed by atoms with Crippen LogP contribution in [0, 0.1) is 11.3 Å². The zero-order valence-corrected chi connectivity index (χ0v) is 11.4. The summed E-state index contributed by atoms with van der Waals surface area (Å²) in [5.41, 5.74) is 2.49. The van der Waals surface area contributed by atoms with Gasteiger partial charge in [-0.05, 0) is 24.7 Å². The Labute approximate surface area is 117 Å². The number of nitrogens with one attached hydrogen (secondary N) is 1. The van der Waals surface area contributed by atoms with E-state index in [0.717, 1.165) is 23.1 Å². The number of rotatable bonds is 3. The third-order valence-corrected chi connectivity index (χ3v) is 4.82. The Hall–Kier alpha value is -1.73. The summed E-state index contributed by atoms with van der Waals surface area (Å²) in [6.07, 6.45) is 4.23. The molecule has 3 nitrogen and oxygen atoms in total. The normalized spacial score (nSPS) is 18.4. The number of nitrogens with zero attached hydrogens (tertiary/aromatic N) is 2. The van der Waals surface area contributed by atoms with E-state index in [0.29, 0.717) is 10.8 Å². The minimum atomic E-state index is 0.627. The summed E-state index contributed by atoms with van der Waals surface area (Å²) in [5, 5.41) is 14.4. The first-order chi connectivity index (χ1) is 9.38. The van der Waals surface area contributed by atoms with Crippen molar-refractivity contribution in [2.75, 3.05) is 17.6 Å². The molecule has 19 heavy (non-hydrogen) atoms. The van der Waals surface area contributed by atoms with Crippen molar-refractivity contribution in [1.82, 2.24) is 4.98 Å². The van der Waals surface area contributed by atoms with Crippen LogP contribution in [0.4, 0.5) is 5.69 Å². The van der Waals surface area contributed by atoms with Crippen LogP contribution in [0.2, 0.25) is 0 Å². The maximum atomic E-state index is 9.23. The summed E-state index contributed by atoms with van der Waals surface area (Å²) < 4.78 is 0. The Morgan fingerprint density at radius 3 is 3.11 bits per heavy atom. The van der Waals surface area contributed by atoms with Gasteiger partial charge in [-0.1, -0.05) is 18.2 Å². The van der Waals surface area contributed by atoms with Gasteiger partial charge in [0.1, 0.15) is 6.07 Å². The number of hydrogen-bond donors (Lipinski definition) is 1. The first-order valence-corrected chi connectivity index (χ1v) is 7.56. The molecule has 1 saturated heterocycles. The van der Waals surface area contributed by atoms with Crippen LogP contribution in [0.25, 0.3) is 10.9 Å². The lowest BCUT2D eigenvalue weighted by Crippen LogP contribution is -2.14. The van der Waals surface area contributed by atoms with Crippen molar-refractivity contribution in [3.8, 4) is 6.07 Å². The fourth-order valence-electron chi connectivity index (χ4n) is 2.44. The summed E-state index contributed by atoms with van der Waals surface area (Å²) in [6, 6.07) is 10.2. The Balaban J connectivity index is 1.93. The van der Waals surface area contributed by atoms with Crippen molar-refractivity contribution in [2.24, 2.45) is 0 Å². The smallest absolute Gasteiger partial charge is 0.103 e. The molecule has 1 fully saturated rings. The van der Waals surface area contributed by atoms with Gasteiger partial charge in [-0.3, -0.25) is 4.98 Å². The molecule has 1 unspecified atom stereocenters. The lowest BCUT2D eigenvalue weighted by atomic mass is 10.1. The molecular weight excluding hydrogens is 254 g/mol. The van der Waals surface area contributed by atoms with E-state index >= 15 is 0 Å². The number of hydrogen-bond acceptors (Lipinski definition) is 4. The molecule has 1 aliphatic rings. The zero-order chi connectivity index (χ0) is 13.1. The molecular formula is C15H15N3S. The molecule has 1 aromatic carbocycles. The summed E-state index contributed by atoms with van der Waals surface area (Å²) >= 11 is 2.02. The maximum Gasteiger partial charge on any atom is 0.103 e. The van der Waals surface area contributed by atoms with Gasteiger partial charge in [-0.25, -0.2) is 0 Å². The lowest BCUT2D eigenvalue weighted by molar-refractivity contribution is 0.806. The molecule has 4 heteroatoms. The Bertz CT molecular complexity index is 627. The molecule has 3 rings (SSSR count). The Morgan fingerprint density at radius 1 is 1.42 bits per heavy atom. The molecule has 1 aliphatic heterocycles. The summed E-state index contributed by atoms with van der Waals surface area (Å²) in [5.74, 6) is 1.26. The van der Waals surface area contributed by atoms with E-state index in [2.05, 4.69) is 16.4 Å². The number of thioether (sulfide) groups is 1. The summed E-state index contributed by atoms with van der Waals surface area (Å²) in [6.45, 7) is 0.924. The van der Waals surface area contributed by atoms with Crippen molar-refractivity contribution in [3.63, 3.8) is 0 Å². The number of benzene rings is 1. The average molecular weight is 269 g/mol. The van der Waals surface area contributed by atoms with Crippen molar-refractivity contribution in [1.29, 1.82) is 5.26 Å². The fraction of sp³-hybridized carbons (Fsp3) is 0.333. The van der Waals surface area contributed by atoms with Crippen molar-refractivity contribution in [3.05, 3.63) is 36.0 Å². The van der Waals surface area contributed by atoms with Gasteiger partial charge >= 0.3 is 0 Å². The molecule has 96 valence electrons. The third kappa shape index (κ3) is 2.52. The summed E-state index contributed by atoms with van der Waals surface area (Å²) in [4.78, 5) is 4.32. The number of anilines is 1. The molecule has 0 spiro atoms. The van der Waals surface area contributed by atoms with Crippen molar-refractivity contribution >= 4 is 28.4 Å². The molecule has 0 saturated carbocycles. The Kier molecular flexibility index (Phi) is 3.56. The van der Waals surface area contributed by atoms with Gasteiger partial charge < -0.3 is 5.32 Å². The van der Waals surface area contributed by atoms with Gasteiger partial charge in [0, 0.05) is 23.4 Å². The molecule has 0 aliphatic carbocycles. The number of pyridine rings is 1. The molecule has 1 atom stereocenters. The number of nitriles is 1. The van der Waals surface area contributed by atoms with Gasteiger partial charge in [0.05, 0.1) is 16.8 Å². The molecule has 0 amide bonds. The van der Waals surface area contributed by atoms with Crippen LogP contribution in [-0.4, -0.2) is 22.5 Å². The second-order valence-electron chi connectivity index (χ2n) is 4.69. The first-order valence-electron chi connectivity index (χ1n) is 6.52. The highest BCUT2D eigenvalue weighted by atomic mass is 32.2. The quantitative estimate of drug-likeness (QED) is 0.927. The second kappa shape index (κ2) is 5.50. The van der Waals surface area contributed by atoms with Crippen molar-refractivity contribution < 1.29 is 0 Å². The molecule has 0 radical (unpaired) electrons. The SMILES string of the molecule is N#Cc1cnc2ccccc2c1NCC1CCCS1. The molecule has 0 bridgehead atoms. The minimum Gasteiger partial charge on any atom is -0.382 e. The summed E-state index contributed by atoms with van der Waals surface area (Å²) in [7, 11) is 0. The van der Waals surface area contributed by atoms with Crippen LogP contribution < -0.4 is 5.32 Å². The second-order valence-corrected chi connectivity index (χ2v) is 6.10. The standard InChI is InChI=1S/C15H15N3S/c16-8-11-9-17-14-6-2-1-5-13(14)15(11)18-10-12-4-3-7-19-12/h1-2,5-6,9,12H,3-4,7,10H2,(H,17,18). The van der Waals surface area contributed by atoms with Crippen LogP contribution in [0.15, 0.2) is 30.5 Å². The van der Waals surface area contributed by atoms with E-state index in [1.54, 1.807) is 6.20 Å². The van der Waals surface area contributed by atoms with Crippen LogP contribution in [0.3, 0.4) is 0 Å². The van der Waals surface area contributed by atoms with Gasteiger partial charge in [-0.2, -0.15) is 17.0 Å². The van der Waals surface area contributed by atoms with E-state index in [9.17, 15) is 5.26 Å². The number of para-hydroxylation sites is 1. The van der Waals surface area contributed by atoms with Gasteiger partial charge in [-0.15, -0.1) is 0 Å². The molecule has 2 heterocycles. The van der Waals surface area contributed by atoms with E-state index < -0.39 is 0 Å². The third-order valence-electron chi connectivity index (χ3n) is 3.43. The Morgan fingerprint density at radius 2 is 2.32 bits per heavy atom. The van der Waals surface area contributed by atoms with Crippen LogP contribution in [0.1, 0.15) is 18.4 Å². The van der Waals surface area contributed by atoms with Gasteiger partial charge in [0.2, 0.25) is 0 Å². The number of aromatic nitrogens is 1. The predicted molar refractivity (Wildman–Crippen MR) is 80.4 cm³/mol. The monoisotopic (exact) mass is 269 g/mol. The predicted octanol–water partition coefficient (Wildman–Crippen LogP) is 3.41. The highest BCUT2D eigenvalue weighted by Gasteiger charge is 2.16. The van der Waals surface area contributed by atoms with E-state index in [1.165, 1.54) is 18.6 Å². The zero-order valence-electron chi connectivity index (χ0n) is 10.6. The first kappa shape index (κ1) is 12.3. The van der Waals surface area contributed by atoms with E-state index in [-0.39, 0.29) is 0 Å². The van der Waals surface area contributed by atoms with E-state index in [1.807, 2.05) is 36.0 Å². The van der Waals surface area contributed by atoms with Crippen LogP contribution in [-0.2, 0) is 0 Å². The molecule has 1 aromatic heterocycles.